The lowest BCUT2D eigenvalue weighted by molar-refractivity contribution is -0.145. The quantitative estimate of drug-likeness (QED) is 0.241. The van der Waals surface area contributed by atoms with Crippen molar-refractivity contribution in [1.29, 1.82) is 0 Å². The fourth-order valence-electron chi connectivity index (χ4n) is 5.85. The van der Waals surface area contributed by atoms with Gasteiger partial charge in [0.15, 0.2) is 0 Å². The third-order valence-electron chi connectivity index (χ3n) is 8.22. The first-order chi connectivity index (χ1) is 20.7. The number of benzene rings is 2. The smallest absolute Gasteiger partial charge is 0.408 e. The molecule has 0 radical (unpaired) electrons. The number of phenols is 1. The molecule has 0 saturated heterocycles. The number of phenolic OH excluding ortho intramolecular Hbond substituents is 1. The Kier molecular flexibility index (Phi) is 12.7. The van der Waals surface area contributed by atoms with Crippen molar-refractivity contribution in [2.75, 3.05) is 0 Å². The Morgan fingerprint density at radius 1 is 0.955 bits per heavy atom. The summed E-state index contributed by atoms with van der Waals surface area (Å²) < 4.78 is 5.57. The molecule has 0 spiro atoms. The Morgan fingerprint density at radius 3 is 2.18 bits per heavy atom. The van der Waals surface area contributed by atoms with E-state index in [-0.39, 0.29) is 36.1 Å². The fourth-order valence-corrected chi connectivity index (χ4v) is 5.85. The van der Waals surface area contributed by atoms with Crippen molar-refractivity contribution in [3.8, 4) is 5.75 Å². The van der Waals surface area contributed by atoms with E-state index < -0.39 is 23.8 Å². The first-order valence-electron chi connectivity index (χ1n) is 16.2. The number of aromatic hydroxyl groups is 1. The normalized spacial score (nSPS) is 16.1. The minimum Gasteiger partial charge on any atom is -0.508 e. The van der Waals surface area contributed by atoms with Crippen molar-refractivity contribution in [2.24, 2.45) is 5.92 Å². The second-order valence-electron chi connectivity index (χ2n) is 13.7. The molecule has 0 aromatic heterocycles. The topological polar surface area (TPSA) is 108 Å². The van der Waals surface area contributed by atoms with Gasteiger partial charge in [-0.2, -0.15) is 0 Å². The summed E-state index contributed by atoms with van der Waals surface area (Å²) in [6.45, 7) is 13.6. The van der Waals surface area contributed by atoms with Crippen molar-refractivity contribution in [2.45, 2.75) is 130 Å². The van der Waals surface area contributed by atoms with Gasteiger partial charge in [-0.25, -0.2) is 4.79 Å². The number of carbonyl (C=O) groups excluding carboxylic acids is 3. The van der Waals surface area contributed by atoms with Gasteiger partial charge in [0, 0.05) is 18.5 Å². The van der Waals surface area contributed by atoms with Gasteiger partial charge in [0.25, 0.3) is 0 Å². The van der Waals surface area contributed by atoms with Crippen LogP contribution in [0.3, 0.4) is 0 Å². The summed E-state index contributed by atoms with van der Waals surface area (Å²) in [6.07, 6.45) is 6.18. The van der Waals surface area contributed by atoms with Crippen LogP contribution in [0.25, 0.3) is 0 Å². The molecular formula is C36H53N3O5. The Bertz CT molecular complexity index is 1230. The zero-order valence-electron chi connectivity index (χ0n) is 27.7. The van der Waals surface area contributed by atoms with E-state index in [1.165, 1.54) is 6.42 Å². The molecule has 1 saturated carbocycles. The lowest BCUT2D eigenvalue weighted by Crippen LogP contribution is -2.57. The maximum atomic E-state index is 14.9. The number of aryl methyl sites for hydroxylation is 1. The first-order valence-corrected chi connectivity index (χ1v) is 16.2. The van der Waals surface area contributed by atoms with Crippen molar-refractivity contribution in [1.82, 2.24) is 15.5 Å². The summed E-state index contributed by atoms with van der Waals surface area (Å²) in [7, 11) is 0. The highest BCUT2D eigenvalue weighted by Gasteiger charge is 2.40. The number of ether oxygens (including phenoxy) is 1. The van der Waals surface area contributed by atoms with Gasteiger partial charge in [-0.15, -0.1) is 0 Å². The minimum atomic E-state index is -1.01. The molecule has 8 nitrogen and oxygen atoms in total. The molecule has 8 heteroatoms. The number of carbonyl (C=O) groups is 3. The number of rotatable bonds is 12. The Hall–Kier alpha value is -3.55. The second kappa shape index (κ2) is 16.0. The number of hydrogen-bond acceptors (Lipinski definition) is 5. The van der Waals surface area contributed by atoms with E-state index in [1.807, 2.05) is 38.1 Å². The number of nitrogens with zero attached hydrogens (tertiary/aromatic N) is 1. The van der Waals surface area contributed by atoms with Crippen molar-refractivity contribution < 1.29 is 24.2 Å². The molecule has 0 bridgehead atoms. The van der Waals surface area contributed by atoms with Crippen molar-refractivity contribution in [3.63, 3.8) is 0 Å². The average molecular weight is 608 g/mol. The van der Waals surface area contributed by atoms with E-state index in [1.54, 1.807) is 49.9 Å². The molecule has 2 aromatic rings. The molecule has 242 valence electrons. The number of hydrogen-bond donors (Lipinski definition) is 3. The lowest BCUT2D eigenvalue weighted by Gasteiger charge is -2.40. The molecule has 2 aromatic carbocycles. The highest BCUT2D eigenvalue weighted by atomic mass is 16.6. The van der Waals surface area contributed by atoms with Crippen LogP contribution < -0.4 is 10.6 Å². The summed E-state index contributed by atoms with van der Waals surface area (Å²) in [5.74, 6) is -0.0291. The average Bonchev–Trinajstić information content (AvgIpc) is 2.95. The molecule has 1 fully saturated rings. The summed E-state index contributed by atoms with van der Waals surface area (Å²) in [5.41, 5.74) is 1.68. The van der Waals surface area contributed by atoms with E-state index >= 15 is 0 Å². The van der Waals surface area contributed by atoms with Gasteiger partial charge in [0.1, 0.15) is 23.4 Å². The fraction of sp³-hybridized carbons (Fsp3) is 0.583. The van der Waals surface area contributed by atoms with E-state index in [2.05, 4.69) is 24.5 Å². The van der Waals surface area contributed by atoms with Gasteiger partial charge in [0.2, 0.25) is 11.8 Å². The molecule has 3 N–H and O–H groups in total. The summed E-state index contributed by atoms with van der Waals surface area (Å²) in [6, 6.07) is 12.2. The third-order valence-corrected chi connectivity index (χ3v) is 8.22. The molecule has 1 aliphatic carbocycles. The van der Waals surface area contributed by atoms with Gasteiger partial charge in [-0.3, -0.25) is 9.59 Å². The highest BCUT2D eigenvalue weighted by Crippen LogP contribution is 2.31. The van der Waals surface area contributed by atoms with Crippen LogP contribution >= 0.6 is 0 Å². The Labute approximate surface area is 263 Å². The van der Waals surface area contributed by atoms with Crippen LogP contribution in [0.4, 0.5) is 4.79 Å². The van der Waals surface area contributed by atoms with Gasteiger partial charge in [-0.1, -0.05) is 69.5 Å². The van der Waals surface area contributed by atoms with Crippen LogP contribution in [0.1, 0.15) is 109 Å². The summed E-state index contributed by atoms with van der Waals surface area (Å²) >= 11 is 0. The van der Waals surface area contributed by atoms with E-state index in [0.717, 1.165) is 48.8 Å². The lowest BCUT2D eigenvalue weighted by atomic mass is 9.92. The zero-order valence-corrected chi connectivity index (χ0v) is 27.7. The second-order valence-corrected chi connectivity index (χ2v) is 13.7. The monoisotopic (exact) mass is 607 g/mol. The molecule has 3 atom stereocenters. The van der Waals surface area contributed by atoms with Gasteiger partial charge < -0.3 is 25.4 Å². The SMILES string of the molecule is Cc1ccccc1C(C(=O)NC1CCCCC1)N(C(=O)C(Cc1ccc(O)cc1)NC(=O)OC(C)(C)C)C(C)CCC(C)C. The van der Waals surface area contributed by atoms with E-state index in [9.17, 15) is 19.5 Å². The molecule has 3 unspecified atom stereocenters. The number of alkyl carbamates (subject to hydrolysis) is 1. The summed E-state index contributed by atoms with van der Waals surface area (Å²) in [5, 5.41) is 16.0. The van der Waals surface area contributed by atoms with Gasteiger partial charge in [-0.05, 0) is 95.0 Å². The first kappa shape index (κ1) is 34.9. The predicted octanol–water partition coefficient (Wildman–Crippen LogP) is 6.98. The van der Waals surface area contributed by atoms with E-state index in [0.29, 0.717) is 12.3 Å². The molecular weight excluding hydrogens is 554 g/mol. The van der Waals surface area contributed by atoms with E-state index in [4.69, 9.17) is 4.74 Å². The van der Waals surface area contributed by atoms with Crippen molar-refractivity contribution in [3.05, 3.63) is 65.2 Å². The van der Waals surface area contributed by atoms with Gasteiger partial charge in [0.05, 0.1) is 0 Å². The standard InChI is InChI=1S/C36H53N3O5/c1-24(2)17-18-26(4)39(32(30-16-12-11-13-25(30)3)33(41)37-28-14-9-8-10-15-28)34(42)31(38-35(43)44-36(5,6)7)23-27-19-21-29(40)22-20-27/h11-13,16,19-22,24,26,28,31-32,40H,8-10,14-15,17-18,23H2,1-7H3,(H,37,41)(H,38,43). The molecule has 3 rings (SSSR count). The largest absolute Gasteiger partial charge is 0.508 e. The zero-order chi connectivity index (χ0) is 32.4. The minimum absolute atomic E-state index is 0.0679. The van der Waals surface area contributed by atoms with Crippen LogP contribution in [0.2, 0.25) is 0 Å². The van der Waals surface area contributed by atoms with Crippen LogP contribution in [0.5, 0.6) is 5.75 Å². The van der Waals surface area contributed by atoms with Crippen LogP contribution in [0.15, 0.2) is 48.5 Å². The molecule has 3 amide bonds. The predicted molar refractivity (Wildman–Crippen MR) is 174 cm³/mol. The number of nitrogens with one attached hydrogen (secondary N) is 2. The Balaban J connectivity index is 2.09. The van der Waals surface area contributed by atoms with Crippen molar-refractivity contribution >= 4 is 17.9 Å². The molecule has 0 aliphatic heterocycles. The highest BCUT2D eigenvalue weighted by molar-refractivity contribution is 5.93. The molecule has 1 aliphatic rings. The maximum absolute atomic E-state index is 14.9. The molecule has 0 heterocycles. The maximum Gasteiger partial charge on any atom is 0.408 e. The number of amides is 3. The van der Waals surface area contributed by atoms with Crippen LogP contribution in [-0.2, 0) is 20.7 Å². The summed E-state index contributed by atoms with van der Waals surface area (Å²) in [4.78, 5) is 44.0. The molecule has 44 heavy (non-hydrogen) atoms. The Morgan fingerprint density at radius 2 is 1.59 bits per heavy atom. The van der Waals surface area contributed by atoms with Gasteiger partial charge >= 0.3 is 6.09 Å². The van der Waals surface area contributed by atoms with Crippen LogP contribution in [0, 0.1) is 12.8 Å². The van der Waals surface area contributed by atoms with Crippen LogP contribution in [-0.4, -0.2) is 51.6 Å². The third kappa shape index (κ3) is 10.6.